The monoisotopic (exact) mass is 407 g/mol. The topological polar surface area (TPSA) is 143 Å². The molecule has 0 radical (unpaired) electrons. The van der Waals surface area contributed by atoms with Crippen molar-refractivity contribution >= 4 is 5.78 Å². The largest absolute Gasteiger partial charge is 0.491 e. The second-order valence-corrected chi connectivity index (χ2v) is 6.55. The second-order valence-electron chi connectivity index (χ2n) is 6.55. The van der Waals surface area contributed by atoms with Crippen LogP contribution in [0.2, 0.25) is 0 Å². The maximum Gasteiger partial charge on any atom is 0.215 e. The van der Waals surface area contributed by atoms with E-state index < -0.39 is 12.2 Å². The lowest BCUT2D eigenvalue weighted by Gasteiger charge is -2.24. The fourth-order valence-corrected chi connectivity index (χ4v) is 2.97. The molecule has 2 atom stereocenters. The number of nitrogens with zero attached hydrogens (tertiary/aromatic N) is 4. The summed E-state index contributed by atoms with van der Waals surface area (Å²) in [6.07, 6.45) is -1.49. The van der Waals surface area contributed by atoms with Gasteiger partial charge in [-0.25, -0.2) is 0 Å². The predicted octanol–water partition coefficient (Wildman–Crippen LogP) is 1.60. The van der Waals surface area contributed by atoms with Crippen LogP contribution in [0.25, 0.3) is 0 Å². The summed E-state index contributed by atoms with van der Waals surface area (Å²) in [7, 11) is 0. The first kappa shape index (κ1) is 19.4. The number of nitriles is 1. The first-order chi connectivity index (χ1) is 14.6. The number of H-pyrrole nitrogens is 1. The molecule has 0 bridgehead atoms. The summed E-state index contributed by atoms with van der Waals surface area (Å²) in [6, 6.07) is 13.6. The van der Waals surface area contributed by atoms with Gasteiger partial charge in [-0.15, -0.1) is 10.2 Å². The summed E-state index contributed by atoms with van der Waals surface area (Å²) < 4.78 is 17.0. The third-order valence-electron chi connectivity index (χ3n) is 4.41. The molecule has 4 rings (SSSR count). The highest BCUT2D eigenvalue weighted by molar-refractivity contribution is 6.02. The van der Waals surface area contributed by atoms with Gasteiger partial charge in [-0.05, 0) is 36.4 Å². The van der Waals surface area contributed by atoms with Crippen LogP contribution in [0, 0.1) is 11.3 Å². The minimum Gasteiger partial charge on any atom is -0.491 e. The summed E-state index contributed by atoms with van der Waals surface area (Å²) >= 11 is 0. The lowest BCUT2D eigenvalue weighted by molar-refractivity contribution is 0.0606. The molecule has 0 saturated heterocycles. The SMILES string of the molecule is N#Cc1ccc(OCC(O)COc2cccc3c2C(=O)CC(c2nn[nH]n2)O3)cc1. The molecule has 1 aromatic heterocycles. The summed E-state index contributed by atoms with van der Waals surface area (Å²) in [5.74, 6) is 1.34. The number of carbonyl (C=O) groups is 1. The summed E-state index contributed by atoms with van der Waals surface area (Å²) in [6.45, 7) is -0.0838. The van der Waals surface area contributed by atoms with E-state index in [0.29, 0.717) is 34.2 Å². The minimum absolute atomic E-state index is 0.00866. The maximum absolute atomic E-state index is 12.7. The van der Waals surface area contributed by atoms with Crippen LogP contribution in [0.3, 0.4) is 0 Å². The third-order valence-corrected chi connectivity index (χ3v) is 4.41. The number of hydrogen-bond acceptors (Lipinski definition) is 9. The van der Waals surface area contributed by atoms with Crippen LogP contribution in [0.15, 0.2) is 42.5 Å². The number of Topliss-reactive ketones (excluding diaryl/α,β-unsaturated/α-hetero) is 1. The normalized spacial score (nSPS) is 16.1. The molecule has 0 fully saturated rings. The van der Waals surface area contributed by atoms with Gasteiger partial charge in [0.25, 0.3) is 0 Å². The first-order valence-electron chi connectivity index (χ1n) is 9.14. The molecule has 0 amide bonds. The Morgan fingerprint density at radius 1 is 1.23 bits per heavy atom. The molecule has 2 heterocycles. The van der Waals surface area contributed by atoms with Crippen LogP contribution in [-0.4, -0.2) is 50.8 Å². The summed E-state index contributed by atoms with van der Waals surface area (Å²) in [4.78, 5) is 12.7. The van der Waals surface area contributed by atoms with Gasteiger partial charge in [0.2, 0.25) is 5.82 Å². The van der Waals surface area contributed by atoms with E-state index in [4.69, 9.17) is 19.5 Å². The van der Waals surface area contributed by atoms with Crippen LogP contribution in [0.5, 0.6) is 17.2 Å². The van der Waals surface area contributed by atoms with Crippen LogP contribution in [-0.2, 0) is 0 Å². The van der Waals surface area contributed by atoms with Gasteiger partial charge in [0.15, 0.2) is 11.9 Å². The highest BCUT2D eigenvalue weighted by atomic mass is 16.5. The Bertz CT molecular complexity index is 1060. The zero-order valence-electron chi connectivity index (χ0n) is 15.7. The fraction of sp³-hybridized carbons (Fsp3) is 0.250. The summed E-state index contributed by atoms with van der Waals surface area (Å²) in [5, 5.41) is 32.5. The van der Waals surface area contributed by atoms with Crippen molar-refractivity contribution in [2.75, 3.05) is 13.2 Å². The Hall–Kier alpha value is -3.97. The number of ketones is 1. The number of carbonyl (C=O) groups excluding carboxylic acids is 1. The quantitative estimate of drug-likeness (QED) is 0.597. The van der Waals surface area contributed by atoms with Crippen molar-refractivity contribution in [1.82, 2.24) is 20.6 Å². The molecule has 30 heavy (non-hydrogen) atoms. The Morgan fingerprint density at radius 2 is 2.03 bits per heavy atom. The molecule has 0 aliphatic carbocycles. The molecule has 1 aliphatic heterocycles. The molecule has 3 aromatic rings. The van der Waals surface area contributed by atoms with E-state index in [1.807, 2.05) is 6.07 Å². The minimum atomic E-state index is -0.928. The van der Waals surface area contributed by atoms with Gasteiger partial charge in [0, 0.05) is 0 Å². The van der Waals surface area contributed by atoms with Crippen molar-refractivity contribution < 1.29 is 24.1 Å². The average Bonchev–Trinajstić information content (AvgIpc) is 3.31. The number of aromatic nitrogens is 4. The Kier molecular flexibility index (Phi) is 5.54. The van der Waals surface area contributed by atoms with Gasteiger partial charge in [0.1, 0.15) is 42.1 Å². The Morgan fingerprint density at radius 3 is 2.77 bits per heavy atom. The summed E-state index contributed by atoms with van der Waals surface area (Å²) in [5.41, 5.74) is 0.839. The average molecular weight is 407 g/mol. The second kappa shape index (κ2) is 8.59. The van der Waals surface area contributed by atoms with E-state index in [2.05, 4.69) is 20.6 Å². The van der Waals surface area contributed by atoms with Crippen molar-refractivity contribution in [1.29, 1.82) is 5.26 Å². The first-order valence-corrected chi connectivity index (χ1v) is 9.14. The predicted molar refractivity (Wildman–Crippen MR) is 101 cm³/mol. The number of fused-ring (bicyclic) bond motifs is 1. The van der Waals surface area contributed by atoms with Crippen LogP contribution >= 0.6 is 0 Å². The van der Waals surface area contributed by atoms with Gasteiger partial charge in [-0.1, -0.05) is 11.3 Å². The zero-order valence-corrected chi connectivity index (χ0v) is 15.7. The molecule has 0 spiro atoms. The molecule has 10 heteroatoms. The fourth-order valence-electron chi connectivity index (χ4n) is 2.97. The number of aromatic amines is 1. The van der Waals surface area contributed by atoms with Gasteiger partial charge in [-0.3, -0.25) is 4.79 Å². The van der Waals surface area contributed by atoms with Gasteiger partial charge >= 0.3 is 0 Å². The van der Waals surface area contributed by atoms with Crippen molar-refractivity contribution in [3.8, 4) is 23.3 Å². The van der Waals surface area contributed by atoms with Gasteiger partial charge in [0.05, 0.1) is 18.1 Å². The Labute approximate surface area is 171 Å². The molecular formula is C20H17N5O5. The number of nitrogens with one attached hydrogen (secondary N) is 1. The highest BCUT2D eigenvalue weighted by Gasteiger charge is 2.32. The van der Waals surface area contributed by atoms with E-state index in [1.165, 1.54) is 0 Å². The molecule has 2 N–H and O–H groups in total. The molecule has 10 nitrogen and oxygen atoms in total. The van der Waals surface area contributed by atoms with Crippen molar-refractivity contribution in [3.05, 3.63) is 59.4 Å². The molecule has 152 valence electrons. The molecule has 2 aromatic carbocycles. The van der Waals surface area contributed by atoms with Crippen molar-refractivity contribution in [2.24, 2.45) is 0 Å². The molecule has 2 unspecified atom stereocenters. The smallest absolute Gasteiger partial charge is 0.215 e. The maximum atomic E-state index is 12.7. The van der Waals surface area contributed by atoms with E-state index in [9.17, 15) is 9.90 Å². The number of rotatable bonds is 7. The highest BCUT2D eigenvalue weighted by Crippen LogP contribution is 2.38. The van der Waals surface area contributed by atoms with E-state index in [1.54, 1.807) is 42.5 Å². The number of tetrazole rings is 1. The van der Waals surface area contributed by atoms with E-state index in [0.717, 1.165) is 0 Å². The number of benzene rings is 2. The van der Waals surface area contributed by atoms with Gasteiger partial charge in [-0.2, -0.15) is 10.5 Å². The zero-order chi connectivity index (χ0) is 20.9. The number of aliphatic hydroxyl groups excluding tert-OH is 1. The number of ether oxygens (including phenoxy) is 3. The van der Waals surface area contributed by atoms with Crippen molar-refractivity contribution in [2.45, 2.75) is 18.6 Å². The molecular weight excluding hydrogens is 390 g/mol. The number of hydrogen-bond donors (Lipinski definition) is 2. The van der Waals surface area contributed by atoms with E-state index >= 15 is 0 Å². The molecule has 0 saturated carbocycles. The van der Waals surface area contributed by atoms with E-state index in [-0.39, 0.29) is 25.4 Å². The number of aliphatic hydroxyl groups is 1. The standard InChI is InChI=1S/C20H17N5O5/c21-9-12-4-6-14(7-5-12)28-10-13(26)11-29-16-2-1-3-17-19(16)15(27)8-18(30-17)20-22-24-25-23-20/h1-7,13,18,26H,8,10-11H2,(H,22,23,24,25). The van der Waals surface area contributed by atoms with Crippen LogP contribution in [0.1, 0.15) is 34.3 Å². The van der Waals surface area contributed by atoms with Crippen LogP contribution < -0.4 is 14.2 Å². The molecule has 1 aliphatic rings. The lowest BCUT2D eigenvalue weighted by atomic mass is 9.99. The lowest BCUT2D eigenvalue weighted by Crippen LogP contribution is -2.26. The Balaban J connectivity index is 1.37. The van der Waals surface area contributed by atoms with Gasteiger partial charge < -0.3 is 19.3 Å². The third kappa shape index (κ3) is 4.21. The van der Waals surface area contributed by atoms with Crippen LogP contribution in [0.4, 0.5) is 0 Å². The van der Waals surface area contributed by atoms with Crippen molar-refractivity contribution in [3.63, 3.8) is 0 Å².